The van der Waals surface area contributed by atoms with Crippen LogP contribution in [-0.2, 0) is 0 Å². The van der Waals surface area contributed by atoms with E-state index in [1.165, 1.54) is 6.07 Å². The van der Waals surface area contributed by atoms with Crippen molar-refractivity contribution in [2.24, 2.45) is 0 Å². The van der Waals surface area contributed by atoms with Gasteiger partial charge >= 0.3 is 0 Å². The quantitative estimate of drug-likeness (QED) is 0.927. The minimum Gasteiger partial charge on any atom is -0.394 e. The van der Waals surface area contributed by atoms with Crippen molar-refractivity contribution in [3.8, 4) is 6.07 Å². The predicted molar refractivity (Wildman–Crippen MR) is 63.8 cm³/mol. The lowest BCUT2D eigenvalue weighted by Gasteiger charge is -2.26. The average Bonchev–Trinajstić information content (AvgIpc) is 2.30. The van der Waals surface area contributed by atoms with Gasteiger partial charge in [0.15, 0.2) is 5.82 Å². The third-order valence-corrected chi connectivity index (χ3v) is 3.26. The van der Waals surface area contributed by atoms with Crippen LogP contribution in [-0.4, -0.2) is 24.8 Å². The number of aliphatic hydroxyl groups is 1. The van der Waals surface area contributed by atoms with Crippen LogP contribution in [0.4, 0.5) is 10.1 Å². The Balaban J connectivity index is 3.18. The molecule has 0 fully saturated rings. The number of likely N-dealkylation sites (N-methyl/N-ethyl adjacent to an activating group) is 1. The third-order valence-electron chi connectivity index (χ3n) is 2.49. The van der Waals surface area contributed by atoms with Gasteiger partial charge in [0.25, 0.3) is 0 Å². The Morgan fingerprint density at radius 2 is 2.25 bits per heavy atom. The first-order valence-electron chi connectivity index (χ1n) is 4.74. The van der Waals surface area contributed by atoms with Gasteiger partial charge in [-0.15, -0.1) is 0 Å². The molecule has 0 aliphatic heterocycles. The van der Waals surface area contributed by atoms with Crippen LogP contribution in [0.3, 0.4) is 0 Å². The number of nitriles is 1. The molecule has 1 aromatic rings. The Labute approximate surface area is 102 Å². The molecule has 1 aromatic carbocycles. The highest BCUT2D eigenvalue weighted by Crippen LogP contribution is 2.29. The Hall–Kier alpha value is -1.12. The number of hydrogen-bond acceptors (Lipinski definition) is 3. The van der Waals surface area contributed by atoms with E-state index in [-0.39, 0.29) is 22.7 Å². The van der Waals surface area contributed by atoms with E-state index in [1.54, 1.807) is 24.9 Å². The lowest BCUT2D eigenvalue weighted by molar-refractivity contribution is 0.269. The zero-order chi connectivity index (χ0) is 12.3. The summed E-state index contributed by atoms with van der Waals surface area (Å²) in [7, 11) is 1.69. The molecule has 1 unspecified atom stereocenters. The monoisotopic (exact) mass is 286 g/mol. The van der Waals surface area contributed by atoms with Crippen LogP contribution in [0.5, 0.6) is 0 Å². The van der Waals surface area contributed by atoms with Gasteiger partial charge in [-0.2, -0.15) is 5.26 Å². The van der Waals surface area contributed by atoms with Crippen molar-refractivity contribution in [3.05, 3.63) is 28.0 Å². The summed E-state index contributed by atoms with van der Waals surface area (Å²) in [5.74, 6) is -0.484. The first kappa shape index (κ1) is 12.9. The van der Waals surface area contributed by atoms with E-state index in [9.17, 15) is 4.39 Å². The molecule has 0 aliphatic carbocycles. The number of benzene rings is 1. The average molecular weight is 287 g/mol. The second-order valence-electron chi connectivity index (χ2n) is 3.51. The van der Waals surface area contributed by atoms with Crippen LogP contribution < -0.4 is 4.90 Å². The second kappa shape index (κ2) is 5.28. The highest BCUT2D eigenvalue weighted by Gasteiger charge is 2.17. The van der Waals surface area contributed by atoms with E-state index >= 15 is 0 Å². The lowest BCUT2D eigenvalue weighted by Crippen LogP contribution is -2.32. The maximum absolute atomic E-state index is 13.9. The zero-order valence-corrected chi connectivity index (χ0v) is 10.6. The summed E-state index contributed by atoms with van der Waals surface area (Å²) in [5.41, 5.74) is 0.610. The number of aliphatic hydroxyl groups excluding tert-OH is 1. The summed E-state index contributed by atoms with van der Waals surface area (Å²) in [6.45, 7) is 1.72. The summed E-state index contributed by atoms with van der Waals surface area (Å²) in [4.78, 5) is 1.63. The number of anilines is 1. The Morgan fingerprint density at radius 1 is 1.62 bits per heavy atom. The van der Waals surface area contributed by atoms with Crippen molar-refractivity contribution in [2.75, 3.05) is 18.6 Å². The molecule has 86 valence electrons. The summed E-state index contributed by atoms with van der Waals surface area (Å²) in [6.07, 6.45) is 0. The molecule has 3 nitrogen and oxygen atoms in total. The molecule has 0 bridgehead atoms. The summed E-state index contributed by atoms with van der Waals surface area (Å²) >= 11 is 3.04. The molecular formula is C11H12BrFN2O. The number of hydrogen-bond donors (Lipinski definition) is 1. The molecule has 0 heterocycles. The van der Waals surface area contributed by atoms with E-state index < -0.39 is 5.82 Å². The normalized spacial score (nSPS) is 12.0. The fraction of sp³-hybridized carbons (Fsp3) is 0.364. The molecule has 1 rings (SSSR count). The molecule has 0 spiro atoms. The van der Waals surface area contributed by atoms with Crippen LogP contribution in [0.1, 0.15) is 12.5 Å². The Kier molecular flexibility index (Phi) is 4.27. The standard InChI is InChI=1S/C11H12BrFN2O/c1-7(6-16)15(2)9-4-3-8(5-14)10(12)11(9)13/h3-4,7,16H,6H2,1-2H3. The molecular weight excluding hydrogens is 275 g/mol. The van der Waals surface area contributed by atoms with Crippen LogP contribution in [0.15, 0.2) is 16.6 Å². The first-order chi connectivity index (χ1) is 7.52. The van der Waals surface area contributed by atoms with Gasteiger partial charge in [0.1, 0.15) is 6.07 Å². The van der Waals surface area contributed by atoms with Gasteiger partial charge < -0.3 is 10.0 Å². The van der Waals surface area contributed by atoms with Crippen molar-refractivity contribution in [1.29, 1.82) is 5.26 Å². The minimum atomic E-state index is -0.484. The highest BCUT2D eigenvalue weighted by molar-refractivity contribution is 9.10. The third kappa shape index (κ3) is 2.34. The molecule has 1 atom stereocenters. The summed E-state index contributed by atoms with van der Waals surface area (Å²) in [6, 6.07) is 4.78. The van der Waals surface area contributed by atoms with E-state index in [0.29, 0.717) is 5.69 Å². The maximum Gasteiger partial charge on any atom is 0.161 e. The summed E-state index contributed by atoms with van der Waals surface area (Å²) in [5, 5.41) is 17.7. The van der Waals surface area contributed by atoms with Gasteiger partial charge in [-0.25, -0.2) is 4.39 Å². The van der Waals surface area contributed by atoms with Gasteiger partial charge in [0, 0.05) is 13.1 Å². The van der Waals surface area contributed by atoms with Crippen LogP contribution in [0.2, 0.25) is 0 Å². The molecule has 16 heavy (non-hydrogen) atoms. The van der Waals surface area contributed by atoms with E-state index in [2.05, 4.69) is 15.9 Å². The second-order valence-corrected chi connectivity index (χ2v) is 4.31. The van der Waals surface area contributed by atoms with Gasteiger partial charge in [0.05, 0.1) is 22.3 Å². The van der Waals surface area contributed by atoms with Crippen molar-refractivity contribution in [1.82, 2.24) is 0 Å². The molecule has 0 aliphatic rings. The van der Waals surface area contributed by atoms with Crippen LogP contribution in [0.25, 0.3) is 0 Å². The fourth-order valence-electron chi connectivity index (χ4n) is 1.26. The van der Waals surface area contributed by atoms with Crippen molar-refractivity contribution >= 4 is 21.6 Å². The van der Waals surface area contributed by atoms with Crippen LogP contribution in [0, 0.1) is 17.1 Å². The number of halogens is 2. The largest absolute Gasteiger partial charge is 0.394 e. The molecule has 0 aromatic heterocycles. The van der Waals surface area contributed by atoms with Crippen molar-refractivity contribution < 1.29 is 9.50 Å². The number of rotatable bonds is 3. The van der Waals surface area contributed by atoms with Crippen LogP contribution >= 0.6 is 15.9 Å². The van der Waals surface area contributed by atoms with E-state index in [0.717, 1.165) is 0 Å². The minimum absolute atomic E-state index is 0.0619. The zero-order valence-electron chi connectivity index (χ0n) is 9.04. The smallest absolute Gasteiger partial charge is 0.161 e. The van der Waals surface area contributed by atoms with Gasteiger partial charge in [0.2, 0.25) is 0 Å². The first-order valence-corrected chi connectivity index (χ1v) is 5.54. The van der Waals surface area contributed by atoms with E-state index in [1.807, 2.05) is 6.07 Å². The highest BCUT2D eigenvalue weighted by atomic mass is 79.9. The van der Waals surface area contributed by atoms with Crippen molar-refractivity contribution in [2.45, 2.75) is 13.0 Å². The van der Waals surface area contributed by atoms with Crippen molar-refractivity contribution in [3.63, 3.8) is 0 Å². The lowest BCUT2D eigenvalue weighted by atomic mass is 10.2. The maximum atomic E-state index is 13.9. The molecule has 0 amide bonds. The van der Waals surface area contributed by atoms with E-state index in [4.69, 9.17) is 10.4 Å². The van der Waals surface area contributed by atoms with Gasteiger partial charge in [-0.1, -0.05) is 0 Å². The molecule has 0 saturated heterocycles. The topological polar surface area (TPSA) is 47.3 Å². The molecule has 5 heteroatoms. The molecule has 1 N–H and O–H groups in total. The predicted octanol–water partition coefficient (Wildman–Crippen LogP) is 2.28. The SMILES string of the molecule is CC(CO)N(C)c1ccc(C#N)c(Br)c1F. The number of nitrogens with zero attached hydrogens (tertiary/aromatic N) is 2. The Morgan fingerprint density at radius 3 is 2.75 bits per heavy atom. The Bertz CT molecular complexity index is 431. The van der Waals surface area contributed by atoms with Gasteiger partial charge in [-0.3, -0.25) is 0 Å². The fourth-order valence-corrected chi connectivity index (χ4v) is 1.68. The molecule has 0 saturated carbocycles. The molecule has 0 radical (unpaired) electrons. The summed E-state index contributed by atoms with van der Waals surface area (Å²) < 4.78 is 14.0. The van der Waals surface area contributed by atoms with Gasteiger partial charge in [-0.05, 0) is 35.0 Å².